The SMILES string of the molecule is C[C@]12CCCC[C@@H]1[C@H]2C(=O)N/N=C/c1ccc(-c2ccc(C(=O)O)cc2)o1. The number of fused-ring (bicyclic) bond motifs is 1. The Balaban J connectivity index is 1.36. The summed E-state index contributed by atoms with van der Waals surface area (Å²) in [7, 11) is 0. The average molecular weight is 366 g/mol. The van der Waals surface area contributed by atoms with Crippen LogP contribution in [0.1, 0.15) is 48.7 Å². The molecule has 1 amide bonds. The van der Waals surface area contributed by atoms with Crippen molar-refractivity contribution in [3.8, 4) is 11.3 Å². The van der Waals surface area contributed by atoms with Gasteiger partial charge in [0.15, 0.2) is 0 Å². The van der Waals surface area contributed by atoms with E-state index < -0.39 is 5.97 Å². The van der Waals surface area contributed by atoms with Crippen molar-refractivity contribution < 1.29 is 19.1 Å². The Hall–Kier alpha value is -2.89. The van der Waals surface area contributed by atoms with Crippen molar-refractivity contribution in [1.82, 2.24) is 5.43 Å². The molecular formula is C21H22N2O4. The van der Waals surface area contributed by atoms with Gasteiger partial charge in [-0.3, -0.25) is 4.79 Å². The third-order valence-electron chi connectivity index (χ3n) is 6.02. The smallest absolute Gasteiger partial charge is 0.335 e. The lowest BCUT2D eigenvalue weighted by Crippen LogP contribution is -2.22. The minimum atomic E-state index is -0.964. The van der Waals surface area contributed by atoms with Gasteiger partial charge in [0, 0.05) is 11.5 Å². The van der Waals surface area contributed by atoms with Gasteiger partial charge in [-0.2, -0.15) is 5.10 Å². The Morgan fingerprint density at radius 2 is 2.00 bits per heavy atom. The van der Waals surface area contributed by atoms with Crippen LogP contribution in [0.25, 0.3) is 11.3 Å². The van der Waals surface area contributed by atoms with Crippen molar-refractivity contribution >= 4 is 18.1 Å². The van der Waals surface area contributed by atoms with Gasteiger partial charge in [-0.1, -0.05) is 31.9 Å². The molecule has 6 nitrogen and oxygen atoms in total. The summed E-state index contributed by atoms with van der Waals surface area (Å²) in [6, 6.07) is 10.00. The molecule has 27 heavy (non-hydrogen) atoms. The van der Waals surface area contributed by atoms with Crippen molar-refractivity contribution in [1.29, 1.82) is 0 Å². The molecule has 0 bridgehead atoms. The van der Waals surface area contributed by atoms with Crippen LogP contribution < -0.4 is 5.43 Å². The van der Waals surface area contributed by atoms with Crippen LogP contribution in [0.2, 0.25) is 0 Å². The van der Waals surface area contributed by atoms with Gasteiger partial charge in [0.1, 0.15) is 11.5 Å². The van der Waals surface area contributed by atoms with Crippen molar-refractivity contribution in [3.63, 3.8) is 0 Å². The van der Waals surface area contributed by atoms with Gasteiger partial charge in [-0.15, -0.1) is 0 Å². The first-order valence-corrected chi connectivity index (χ1v) is 9.25. The summed E-state index contributed by atoms with van der Waals surface area (Å²) < 4.78 is 5.69. The quantitative estimate of drug-likeness (QED) is 0.620. The van der Waals surface area contributed by atoms with Gasteiger partial charge >= 0.3 is 5.97 Å². The zero-order valence-corrected chi connectivity index (χ0v) is 15.1. The Morgan fingerprint density at radius 1 is 1.22 bits per heavy atom. The molecule has 2 aromatic rings. The fraction of sp³-hybridized carbons (Fsp3) is 0.381. The second-order valence-electron chi connectivity index (χ2n) is 7.65. The van der Waals surface area contributed by atoms with Crippen molar-refractivity contribution in [2.75, 3.05) is 0 Å². The standard InChI is InChI=1S/C21H22N2O4/c1-21-11-3-2-4-16(21)18(21)19(24)23-22-12-15-9-10-17(27-15)13-5-7-14(8-6-13)20(25)26/h5-10,12,16,18H,2-4,11H2,1H3,(H,23,24)(H,25,26)/b22-12+/t16-,18+,21+/m1/s1. The molecule has 2 aliphatic rings. The highest BCUT2D eigenvalue weighted by molar-refractivity contribution is 5.88. The third-order valence-corrected chi connectivity index (χ3v) is 6.02. The van der Waals surface area contributed by atoms with Gasteiger partial charge in [-0.25, -0.2) is 10.2 Å². The van der Waals surface area contributed by atoms with Crippen LogP contribution in [0.4, 0.5) is 0 Å². The number of carboxylic acids is 1. The van der Waals surface area contributed by atoms with E-state index in [-0.39, 0.29) is 22.8 Å². The van der Waals surface area contributed by atoms with Gasteiger partial charge in [-0.05, 0) is 48.4 Å². The number of benzene rings is 1. The van der Waals surface area contributed by atoms with E-state index in [1.165, 1.54) is 31.2 Å². The summed E-state index contributed by atoms with van der Waals surface area (Å²) in [6.07, 6.45) is 6.18. The van der Waals surface area contributed by atoms with Gasteiger partial charge in [0.25, 0.3) is 0 Å². The molecule has 0 spiro atoms. The Morgan fingerprint density at radius 3 is 2.67 bits per heavy atom. The first-order chi connectivity index (χ1) is 13.0. The van der Waals surface area contributed by atoms with Gasteiger partial charge < -0.3 is 9.52 Å². The fourth-order valence-corrected chi connectivity index (χ4v) is 4.43. The van der Waals surface area contributed by atoms with Gasteiger partial charge in [0.2, 0.25) is 5.91 Å². The molecule has 6 heteroatoms. The topological polar surface area (TPSA) is 91.9 Å². The Bertz CT molecular complexity index is 899. The number of furan rings is 1. The molecule has 0 unspecified atom stereocenters. The Kier molecular flexibility index (Phi) is 4.34. The van der Waals surface area contributed by atoms with Crippen LogP contribution in [0, 0.1) is 17.3 Å². The molecule has 2 fully saturated rings. The zero-order valence-electron chi connectivity index (χ0n) is 15.1. The minimum Gasteiger partial charge on any atom is -0.478 e. The van der Waals surface area contributed by atoms with Crippen LogP contribution in [-0.4, -0.2) is 23.2 Å². The molecule has 1 heterocycles. The van der Waals surface area contributed by atoms with Crippen LogP contribution in [0.5, 0.6) is 0 Å². The maximum Gasteiger partial charge on any atom is 0.335 e. The average Bonchev–Trinajstić information content (AvgIpc) is 3.03. The fourth-order valence-electron chi connectivity index (χ4n) is 4.43. The highest BCUT2D eigenvalue weighted by atomic mass is 16.4. The van der Waals surface area contributed by atoms with E-state index in [1.807, 2.05) is 0 Å². The molecule has 2 aliphatic carbocycles. The van der Waals surface area contributed by atoms with E-state index in [0.717, 1.165) is 18.4 Å². The molecule has 2 N–H and O–H groups in total. The summed E-state index contributed by atoms with van der Waals surface area (Å²) in [5.74, 6) is 0.751. The first-order valence-electron chi connectivity index (χ1n) is 9.25. The minimum absolute atomic E-state index is 0.00307. The molecule has 0 aliphatic heterocycles. The lowest BCUT2D eigenvalue weighted by atomic mass is 9.90. The summed E-state index contributed by atoms with van der Waals surface area (Å²) in [6.45, 7) is 2.21. The molecule has 0 saturated heterocycles. The first kappa shape index (κ1) is 17.5. The number of carbonyl (C=O) groups is 2. The highest BCUT2D eigenvalue weighted by Crippen LogP contribution is 2.66. The van der Waals surface area contributed by atoms with Crippen molar-refractivity contribution in [3.05, 3.63) is 47.7 Å². The second kappa shape index (κ2) is 6.68. The molecule has 3 atom stereocenters. The van der Waals surface area contributed by atoms with Gasteiger partial charge in [0.05, 0.1) is 11.8 Å². The summed E-state index contributed by atoms with van der Waals surface area (Å²) in [5, 5.41) is 13.0. The van der Waals surface area contributed by atoms with E-state index >= 15 is 0 Å². The maximum absolute atomic E-state index is 12.4. The number of aromatic carboxylic acids is 1. The Labute approximate surface area is 157 Å². The number of amides is 1. The summed E-state index contributed by atoms with van der Waals surface area (Å²) in [4.78, 5) is 23.3. The number of hydrazone groups is 1. The van der Waals surface area contributed by atoms with E-state index in [9.17, 15) is 9.59 Å². The molecule has 140 valence electrons. The number of hydrogen-bond donors (Lipinski definition) is 2. The van der Waals surface area contributed by atoms with E-state index in [1.54, 1.807) is 24.3 Å². The van der Waals surface area contributed by atoms with E-state index in [4.69, 9.17) is 9.52 Å². The number of carbonyl (C=O) groups excluding carboxylic acids is 1. The third kappa shape index (κ3) is 3.27. The van der Waals surface area contributed by atoms with Crippen LogP contribution in [-0.2, 0) is 4.79 Å². The number of carboxylic acid groups (broad SMARTS) is 1. The highest BCUT2D eigenvalue weighted by Gasteiger charge is 2.64. The summed E-state index contributed by atoms with van der Waals surface area (Å²) >= 11 is 0. The van der Waals surface area contributed by atoms with Crippen LogP contribution >= 0.6 is 0 Å². The molecule has 2 saturated carbocycles. The molecule has 1 aromatic heterocycles. The molecular weight excluding hydrogens is 344 g/mol. The predicted molar refractivity (Wildman–Crippen MR) is 100 cm³/mol. The predicted octanol–water partition coefficient (Wildman–Crippen LogP) is 3.92. The number of rotatable bonds is 5. The van der Waals surface area contributed by atoms with Crippen molar-refractivity contribution in [2.24, 2.45) is 22.4 Å². The van der Waals surface area contributed by atoms with Crippen LogP contribution in [0.15, 0.2) is 45.9 Å². The maximum atomic E-state index is 12.4. The number of nitrogens with zero attached hydrogens (tertiary/aromatic N) is 1. The van der Waals surface area contributed by atoms with E-state index in [0.29, 0.717) is 17.4 Å². The monoisotopic (exact) mass is 366 g/mol. The van der Waals surface area contributed by atoms with E-state index in [2.05, 4.69) is 17.5 Å². The van der Waals surface area contributed by atoms with Crippen molar-refractivity contribution in [2.45, 2.75) is 32.6 Å². The largest absolute Gasteiger partial charge is 0.478 e. The molecule has 1 aromatic carbocycles. The molecule has 0 radical (unpaired) electrons. The number of hydrogen-bond acceptors (Lipinski definition) is 4. The molecule has 4 rings (SSSR count). The van der Waals surface area contributed by atoms with Crippen LogP contribution in [0.3, 0.4) is 0 Å². The second-order valence-corrected chi connectivity index (χ2v) is 7.65. The normalized spacial score (nSPS) is 26.6. The number of nitrogens with one attached hydrogen (secondary N) is 1. The lowest BCUT2D eigenvalue weighted by Gasteiger charge is -2.15. The lowest BCUT2D eigenvalue weighted by molar-refractivity contribution is -0.123. The zero-order chi connectivity index (χ0) is 19.0. The summed E-state index contributed by atoms with van der Waals surface area (Å²) in [5.41, 5.74) is 3.82.